The summed E-state index contributed by atoms with van der Waals surface area (Å²) in [5.41, 5.74) is 0.122. The third kappa shape index (κ3) is 1.85. The summed E-state index contributed by atoms with van der Waals surface area (Å²) < 4.78 is 0. The maximum absolute atomic E-state index is 12.1. The zero-order chi connectivity index (χ0) is 13.6. The SMILES string of the molecule is O=C(O)NC1(CN2C(=O)c3ccccc3C2=O)CC1. The molecule has 1 aromatic carbocycles. The Balaban J connectivity index is 1.83. The van der Waals surface area contributed by atoms with Gasteiger partial charge in [0.25, 0.3) is 11.8 Å². The van der Waals surface area contributed by atoms with Gasteiger partial charge in [0.05, 0.1) is 23.2 Å². The molecule has 6 nitrogen and oxygen atoms in total. The Kier molecular flexibility index (Phi) is 2.35. The minimum Gasteiger partial charge on any atom is -0.465 e. The average molecular weight is 260 g/mol. The minimum atomic E-state index is -1.13. The molecule has 98 valence electrons. The van der Waals surface area contributed by atoms with Gasteiger partial charge >= 0.3 is 6.09 Å². The number of hydrogen-bond acceptors (Lipinski definition) is 3. The van der Waals surface area contributed by atoms with Crippen molar-refractivity contribution < 1.29 is 19.5 Å². The van der Waals surface area contributed by atoms with Gasteiger partial charge in [-0.05, 0) is 25.0 Å². The first kappa shape index (κ1) is 11.7. The van der Waals surface area contributed by atoms with Gasteiger partial charge in [0, 0.05) is 0 Å². The molecule has 1 heterocycles. The number of carboxylic acid groups (broad SMARTS) is 1. The van der Waals surface area contributed by atoms with E-state index in [1.165, 1.54) is 0 Å². The van der Waals surface area contributed by atoms with Crippen LogP contribution in [0, 0.1) is 0 Å². The zero-order valence-electron chi connectivity index (χ0n) is 10.0. The fourth-order valence-electron chi connectivity index (χ4n) is 2.39. The molecule has 0 saturated heterocycles. The van der Waals surface area contributed by atoms with E-state index in [2.05, 4.69) is 5.32 Å². The van der Waals surface area contributed by atoms with E-state index in [0.717, 1.165) is 4.90 Å². The first-order valence-corrected chi connectivity index (χ1v) is 5.99. The highest BCUT2D eigenvalue weighted by molar-refractivity contribution is 6.21. The molecule has 2 aliphatic rings. The van der Waals surface area contributed by atoms with Gasteiger partial charge in [0.1, 0.15) is 0 Å². The van der Waals surface area contributed by atoms with E-state index in [-0.39, 0.29) is 18.4 Å². The lowest BCUT2D eigenvalue weighted by molar-refractivity contribution is 0.0630. The lowest BCUT2D eigenvalue weighted by atomic mass is 10.1. The van der Waals surface area contributed by atoms with Crippen LogP contribution in [0.1, 0.15) is 33.6 Å². The number of nitrogens with zero attached hydrogens (tertiary/aromatic N) is 1. The van der Waals surface area contributed by atoms with Gasteiger partial charge in [-0.2, -0.15) is 0 Å². The molecule has 1 aliphatic heterocycles. The third-order valence-corrected chi connectivity index (χ3v) is 3.56. The highest BCUT2D eigenvalue weighted by atomic mass is 16.4. The van der Waals surface area contributed by atoms with Gasteiger partial charge in [0.15, 0.2) is 0 Å². The number of carbonyl (C=O) groups excluding carboxylic acids is 2. The van der Waals surface area contributed by atoms with Crippen LogP contribution in [0.2, 0.25) is 0 Å². The molecule has 1 fully saturated rings. The van der Waals surface area contributed by atoms with Gasteiger partial charge in [-0.3, -0.25) is 14.5 Å². The second-order valence-corrected chi connectivity index (χ2v) is 4.95. The van der Waals surface area contributed by atoms with Gasteiger partial charge in [-0.1, -0.05) is 12.1 Å². The van der Waals surface area contributed by atoms with E-state index in [0.29, 0.717) is 24.0 Å². The summed E-state index contributed by atoms with van der Waals surface area (Å²) in [7, 11) is 0. The van der Waals surface area contributed by atoms with Crippen molar-refractivity contribution in [3.8, 4) is 0 Å². The first-order valence-electron chi connectivity index (χ1n) is 5.99. The quantitative estimate of drug-likeness (QED) is 0.796. The first-order chi connectivity index (χ1) is 9.02. The fraction of sp³-hybridized carbons (Fsp3) is 0.308. The van der Waals surface area contributed by atoms with Crippen molar-refractivity contribution in [2.24, 2.45) is 0 Å². The molecule has 2 N–H and O–H groups in total. The Morgan fingerprint density at radius 3 is 2.16 bits per heavy atom. The fourth-order valence-corrected chi connectivity index (χ4v) is 2.39. The molecule has 1 aliphatic carbocycles. The van der Waals surface area contributed by atoms with E-state index in [1.54, 1.807) is 24.3 Å². The van der Waals surface area contributed by atoms with Crippen molar-refractivity contribution in [2.75, 3.05) is 6.54 Å². The van der Waals surface area contributed by atoms with Crippen LogP contribution < -0.4 is 5.32 Å². The monoisotopic (exact) mass is 260 g/mol. The predicted molar refractivity (Wildman–Crippen MR) is 64.9 cm³/mol. The van der Waals surface area contributed by atoms with Crippen LogP contribution >= 0.6 is 0 Å². The number of rotatable bonds is 3. The van der Waals surface area contributed by atoms with Crippen LogP contribution in [0.3, 0.4) is 0 Å². The van der Waals surface area contributed by atoms with Crippen molar-refractivity contribution in [1.82, 2.24) is 10.2 Å². The Morgan fingerprint density at radius 2 is 1.74 bits per heavy atom. The molecule has 0 radical (unpaired) electrons. The Hall–Kier alpha value is -2.37. The van der Waals surface area contributed by atoms with Crippen molar-refractivity contribution in [3.05, 3.63) is 35.4 Å². The van der Waals surface area contributed by atoms with Crippen molar-refractivity contribution in [1.29, 1.82) is 0 Å². The summed E-state index contributed by atoms with van der Waals surface area (Å²) in [5, 5.41) is 11.2. The predicted octanol–water partition coefficient (Wildman–Crippen LogP) is 1.08. The summed E-state index contributed by atoms with van der Waals surface area (Å²) in [6.45, 7) is 0.103. The molecule has 1 saturated carbocycles. The largest absolute Gasteiger partial charge is 0.465 e. The smallest absolute Gasteiger partial charge is 0.405 e. The summed E-state index contributed by atoms with van der Waals surface area (Å²) in [6.07, 6.45) is 0.161. The third-order valence-electron chi connectivity index (χ3n) is 3.56. The maximum atomic E-state index is 12.1. The molecular formula is C13H12N2O4. The van der Waals surface area contributed by atoms with E-state index in [4.69, 9.17) is 5.11 Å². The number of fused-ring (bicyclic) bond motifs is 1. The van der Waals surface area contributed by atoms with Gasteiger partial charge in [0.2, 0.25) is 0 Å². The minimum absolute atomic E-state index is 0.103. The number of hydrogen-bond donors (Lipinski definition) is 2. The summed E-state index contributed by atoms with van der Waals surface area (Å²) in [4.78, 5) is 36.1. The molecule has 19 heavy (non-hydrogen) atoms. The Bertz CT molecular complexity index is 557. The molecule has 0 spiro atoms. The second kappa shape index (κ2) is 3.81. The van der Waals surface area contributed by atoms with Crippen LogP contribution in [0.5, 0.6) is 0 Å². The number of imide groups is 1. The lowest BCUT2D eigenvalue weighted by Gasteiger charge is -2.21. The number of amides is 3. The molecular weight excluding hydrogens is 248 g/mol. The van der Waals surface area contributed by atoms with Crippen molar-refractivity contribution in [2.45, 2.75) is 18.4 Å². The highest BCUT2D eigenvalue weighted by Gasteiger charge is 2.49. The molecule has 6 heteroatoms. The molecule has 0 aromatic heterocycles. The molecule has 3 amide bonds. The molecule has 3 rings (SSSR count). The number of nitrogens with one attached hydrogen (secondary N) is 1. The maximum Gasteiger partial charge on any atom is 0.405 e. The number of benzene rings is 1. The average Bonchev–Trinajstić information content (AvgIpc) is 3.08. The van der Waals surface area contributed by atoms with E-state index in [1.807, 2.05) is 0 Å². The molecule has 0 atom stereocenters. The molecule has 1 aromatic rings. The molecule has 0 bridgehead atoms. The van der Waals surface area contributed by atoms with Gasteiger partial charge in [-0.15, -0.1) is 0 Å². The van der Waals surface area contributed by atoms with Gasteiger partial charge in [-0.25, -0.2) is 4.79 Å². The summed E-state index contributed by atoms with van der Waals surface area (Å²) in [5.74, 6) is -0.696. The topological polar surface area (TPSA) is 86.7 Å². The van der Waals surface area contributed by atoms with E-state index >= 15 is 0 Å². The Labute approximate surface area is 109 Å². The summed E-state index contributed by atoms with van der Waals surface area (Å²) in [6, 6.07) is 6.63. The van der Waals surface area contributed by atoms with Crippen LogP contribution in [0.4, 0.5) is 4.79 Å². The van der Waals surface area contributed by atoms with E-state index < -0.39 is 11.6 Å². The van der Waals surface area contributed by atoms with Gasteiger partial charge < -0.3 is 10.4 Å². The van der Waals surface area contributed by atoms with Crippen LogP contribution in [-0.2, 0) is 0 Å². The van der Waals surface area contributed by atoms with Crippen molar-refractivity contribution in [3.63, 3.8) is 0 Å². The standard InChI is InChI=1S/C13H12N2O4/c16-10-8-3-1-2-4-9(8)11(17)15(10)7-13(5-6-13)14-12(18)19/h1-4,14H,5-7H2,(H,18,19). The number of carbonyl (C=O) groups is 3. The van der Waals surface area contributed by atoms with Crippen molar-refractivity contribution >= 4 is 17.9 Å². The Morgan fingerprint density at radius 1 is 1.21 bits per heavy atom. The van der Waals surface area contributed by atoms with Crippen LogP contribution in [0.15, 0.2) is 24.3 Å². The molecule has 0 unspecified atom stereocenters. The summed E-state index contributed by atoms with van der Waals surface area (Å²) >= 11 is 0. The lowest BCUT2D eigenvalue weighted by Crippen LogP contribution is -2.47. The van der Waals surface area contributed by atoms with Crippen LogP contribution in [-0.4, -0.2) is 40.0 Å². The highest BCUT2D eigenvalue weighted by Crippen LogP contribution is 2.38. The second-order valence-electron chi connectivity index (χ2n) is 4.95. The normalized spacial score (nSPS) is 19.3. The van der Waals surface area contributed by atoms with E-state index in [9.17, 15) is 14.4 Å². The van der Waals surface area contributed by atoms with Crippen LogP contribution in [0.25, 0.3) is 0 Å². The zero-order valence-corrected chi connectivity index (χ0v) is 10.0.